The summed E-state index contributed by atoms with van der Waals surface area (Å²) in [4.78, 5) is 3.98. The van der Waals surface area contributed by atoms with Gasteiger partial charge in [-0.05, 0) is 44.4 Å². The summed E-state index contributed by atoms with van der Waals surface area (Å²) in [5.41, 5.74) is 2.82. The van der Waals surface area contributed by atoms with E-state index in [2.05, 4.69) is 37.0 Å². The predicted octanol–water partition coefficient (Wildman–Crippen LogP) is 2.98. The first kappa shape index (κ1) is 8.98. The van der Waals surface area contributed by atoms with Crippen LogP contribution in [0.3, 0.4) is 0 Å². The second kappa shape index (κ2) is 4.70. The topological polar surface area (TPSA) is 12.9 Å². The Kier molecular flexibility index (Phi) is 3.52. The van der Waals surface area contributed by atoms with Gasteiger partial charge in [0.05, 0.1) is 0 Å². The number of aryl methyl sites for hydroxylation is 1. The van der Waals surface area contributed by atoms with E-state index in [4.69, 9.17) is 0 Å². The lowest BCUT2D eigenvalue weighted by molar-refractivity contribution is 0.934. The molecule has 0 bridgehead atoms. The third-order valence-corrected chi connectivity index (χ3v) is 2.05. The Labute approximate surface area is 74.2 Å². The van der Waals surface area contributed by atoms with Crippen LogP contribution < -0.4 is 0 Å². The molecule has 0 spiro atoms. The molecule has 1 aromatic heterocycles. The molecule has 12 heavy (non-hydrogen) atoms. The van der Waals surface area contributed by atoms with E-state index in [1.807, 2.05) is 12.4 Å². The van der Waals surface area contributed by atoms with Gasteiger partial charge < -0.3 is 0 Å². The maximum atomic E-state index is 3.98. The maximum absolute atomic E-state index is 3.98. The van der Waals surface area contributed by atoms with Crippen LogP contribution in [-0.4, -0.2) is 4.98 Å². The molecule has 0 saturated heterocycles. The van der Waals surface area contributed by atoms with Crippen LogP contribution in [0.5, 0.6) is 0 Å². The van der Waals surface area contributed by atoms with E-state index in [-0.39, 0.29) is 0 Å². The molecule has 0 amide bonds. The molecule has 0 radical (unpaired) electrons. The average molecular weight is 161 g/mol. The number of nitrogens with zero attached hydrogens (tertiary/aromatic N) is 1. The minimum absolute atomic E-state index is 1.12. The van der Waals surface area contributed by atoms with Gasteiger partial charge in [-0.2, -0.15) is 0 Å². The standard InChI is InChI=1S/C11H15N/c1-3-10(2)4-5-11-6-8-12-9-7-11/h3,6-9H,4-5H2,1-2H3. The molecule has 0 aliphatic carbocycles. The Morgan fingerprint density at radius 1 is 1.42 bits per heavy atom. The SMILES string of the molecule is CC=C(C)CCc1ccncc1. The summed E-state index contributed by atoms with van der Waals surface area (Å²) in [6.07, 6.45) is 8.14. The molecule has 1 nitrogen and oxygen atoms in total. The Bertz CT molecular complexity index is 249. The van der Waals surface area contributed by atoms with Gasteiger partial charge in [0, 0.05) is 12.4 Å². The number of rotatable bonds is 3. The minimum atomic E-state index is 1.12. The van der Waals surface area contributed by atoms with E-state index in [1.165, 1.54) is 11.1 Å². The summed E-state index contributed by atoms with van der Waals surface area (Å²) < 4.78 is 0. The van der Waals surface area contributed by atoms with Crippen LogP contribution >= 0.6 is 0 Å². The first-order valence-electron chi connectivity index (χ1n) is 4.33. The fourth-order valence-corrected chi connectivity index (χ4v) is 1.04. The van der Waals surface area contributed by atoms with Crippen molar-refractivity contribution in [2.24, 2.45) is 0 Å². The van der Waals surface area contributed by atoms with Gasteiger partial charge in [-0.3, -0.25) is 4.98 Å². The van der Waals surface area contributed by atoms with E-state index in [0.29, 0.717) is 0 Å². The van der Waals surface area contributed by atoms with Crippen molar-refractivity contribution in [2.75, 3.05) is 0 Å². The maximum Gasteiger partial charge on any atom is 0.0270 e. The Morgan fingerprint density at radius 3 is 2.67 bits per heavy atom. The molecule has 1 rings (SSSR count). The molecule has 0 saturated carbocycles. The average Bonchev–Trinajstić information content (AvgIpc) is 2.16. The predicted molar refractivity (Wildman–Crippen MR) is 52.0 cm³/mol. The highest BCUT2D eigenvalue weighted by Gasteiger charge is 1.91. The first-order chi connectivity index (χ1) is 5.83. The highest BCUT2D eigenvalue weighted by Crippen LogP contribution is 2.06. The Morgan fingerprint density at radius 2 is 2.08 bits per heavy atom. The number of aromatic nitrogens is 1. The third kappa shape index (κ3) is 2.87. The van der Waals surface area contributed by atoms with E-state index in [0.717, 1.165) is 12.8 Å². The molecule has 0 N–H and O–H groups in total. The monoisotopic (exact) mass is 161 g/mol. The lowest BCUT2D eigenvalue weighted by Crippen LogP contribution is -1.86. The Hall–Kier alpha value is -1.11. The van der Waals surface area contributed by atoms with Crippen molar-refractivity contribution < 1.29 is 0 Å². The van der Waals surface area contributed by atoms with E-state index >= 15 is 0 Å². The van der Waals surface area contributed by atoms with Crippen molar-refractivity contribution in [1.82, 2.24) is 4.98 Å². The fourth-order valence-electron chi connectivity index (χ4n) is 1.04. The molecule has 1 heterocycles. The molecule has 0 aromatic carbocycles. The van der Waals surface area contributed by atoms with Crippen LogP contribution in [0.15, 0.2) is 36.2 Å². The van der Waals surface area contributed by atoms with Crippen molar-refractivity contribution in [3.63, 3.8) is 0 Å². The molecule has 1 heteroatoms. The zero-order valence-electron chi connectivity index (χ0n) is 7.75. The van der Waals surface area contributed by atoms with Crippen molar-refractivity contribution in [3.05, 3.63) is 41.7 Å². The fraction of sp³-hybridized carbons (Fsp3) is 0.364. The smallest absolute Gasteiger partial charge is 0.0270 e. The van der Waals surface area contributed by atoms with Gasteiger partial charge in [0.25, 0.3) is 0 Å². The lowest BCUT2D eigenvalue weighted by Gasteiger charge is -1.99. The summed E-state index contributed by atoms with van der Waals surface area (Å²) in [7, 11) is 0. The van der Waals surface area contributed by atoms with Gasteiger partial charge in [0.15, 0.2) is 0 Å². The van der Waals surface area contributed by atoms with Gasteiger partial charge in [-0.15, -0.1) is 0 Å². The molecular formula is C11H15N. The summed E-state index contributed by atoms with van der Waals surface area (Å²) in [6, 6.07) is 4.14. The molecule has 0 aliphatic rings. The van der Waals surface area contributed by atoms with E-state index in [1.54, 1.807) is 0 Å². The lowest BCUT2D eigenvalue weighted by atomic mass is 10.1. The summed E-state index contributed by atoms with van der Waals surface area (Å²) in [6.45, 7) is 4.25. The molecule has 0 aliphatic heterocycles. The molecule has 0 fully saturated rings. The van der Waals surface area contributed by atoms with Crippen LogP contribution in [0.4, 0.5) is 0 Å². The van der Waals surface area contributed by atoms with Crippen LogP contribution in [0.25, 0.3) is 0 Å². The highest BCUT2D eigenvalue weighted by atomic mass is 14.6. The summed E-state index contributed by atoms with van der Waals surface area (Å²) in [5, 5.41) is 0. The molecular weight excluding hydrogens is 146 g/mol. The van der Waals surface area contributed by atoms with Gasteiger partial charge in [-0.1, -0.05) is 11.6 Å². The second-order valence-corrected chi connectivity index (χ2v) is 2.99. The van der Waals surface area contributed by atoms with Crippen molar-refractivity contribution in [1.29, 1.82) is 0 Å². The number of pyridine rings is 1. The molecule has 64 valence electrons. The minimum Gasteiger partial charge on any atom is -0.265 e. The third-order valence-electron chi connectivity index (χ3n) is 2.05. The van der Waals surface area contributed by atoms with E-state index in [9.17, 15) is 0 Å². The normalized spacial score (nSPS) is 11.7. The Balaban J connectivity index is 2.44. The van der Waals surface area contributed by atoms with Crippen LogP contribution in [0.1, 0.15) is 25.8 Å². The van der Waals surface area contributed by atoms with E-state index < -0.39 is 0 Å². The zero-order valence-corrected chi connectivity index (χ0v) is 7.75. The summed E-state index contributed by atoms with van der Waals surface area (Å²) >= 11 is 0. The van der Waals surface area contributed by atoms with Crippen LogP contribution in [0, 0.1) is 0 Å². The van der Waals surface area contributed by atoms with Crippen molar-refractivity contribution in [3.8, 4) is 0 Å². The first-order valence-corrected chi connectivity index (χ1v) is 4.33. The van der Waals surface area contributed by atoms with Crippen molar-refractivity contribution in [2.45, 2.75) is 26.7 Å². The largest absolute Gasteiger partial charge is 0.265 e. The number of hydrogen-bond donors (Lipinski definition) is 0. The van der Waals surface area contributed by atoms with Gasteiger partial charge in [-0.25, -0.2) is 0 Å². The van der Waals surface area contributed by atoms with Gasteiger partial charge in [0.1, 0.15) is 0 Å². The van der Waals surface area contributed by atoms with Gasteiger partial charge >= 0.3 is 0 Å². The number of hydrogen-bond acceptors (Lipinski definition) is 1. The van der Waals surface area contributed by atoms with Crippen molar-refractivity contribution >= 4 is 0 Å². The second-order valence-electron chi connectivity index (χ2n) is 2.99. The molecule has 1 aromatic rings. The van der Waals surface area contributed by atoms with Crippen LogP contribution in [0.2, 0.25) is 0 Å². The molecule has 0 atom stereocenters. The molecule has 0 unspecified atom stereocenters. The quantitative estimate of drug-likeness (QED) is 0.621. The van der Waals surface area contributed by atoms with Gasteiger partial charge in [0.2, 0.25) is 0 Å². The number of allylic oxidation sites excluding steroid dienone is 2. The highest BCUT2D eigenvalue weighted by molar-refractivity contribution is 5.12. The summed E-state index contributed by atoms with van der Waals surface area (Å²) in [5.74, 6) is 0. The zero-order chi connectivity index (χ0) is 8.81. The van der Waals surface area contributed by atoms with Crippen LogP contribution in [-0.2, 0) is 6.42 Å².